The highest BCUT2D eigenvalue weighted by Gasteiger charge is 2.06. The zero-order valence-electron chi connectivity index (χ0n) is 8.98. The van der Waals surface area contributed by atoms with Gasteiger partial charge in [-0.3, -0.25) is 0 Å². The first-order valence-corrected chi connectivity index (χ1v) is 4.78. The van der Waals surface area contributed by atoms with Crippen LogP contribution in [-0.4, -0.2) is 26.1 Å². The van der Waals surface area contributed by atoms with Crippen LogP contribution >= 0.6 is 0 Å². The standard InChI is InChI=1S/C9H8N6O3/c16-9(17-14-7-10-3-1-4-11-7)18-15-8-12-5-2-6-13-8/h1-6H,(H,10,11,14)(H,12,13,15). The largest absolute Gasteiger partial charge is 0.558 e. The van der Waals surface area contributed by atoms with E-state index in [0.29, 0.717) is 0 Å². The molecule has 0 aliphatic heterocycles. The second kappa shape index (κ2) is 5.94. The number of nitrogens with one attached hydrogen (secondary N) is 2. The molecule has 2 N–H and O–H groups in total. The fourth-order valence-electron chi connectivity index (χ4n) is 0.899. The van der Waals surface area contributed by atoms with Crippen molar-refractivity contribution < 1.29 is 14.5 Å². The summed E-state index contributed by atoms with van der Waals surface area (Å²) in [5.41, 5.74) is 4.41. The van der Waals surface area contributed by atoms with Crippen LogP contribution in [0, 0.1) is 0 Å². The number of hydrogen-bond acceptors (Lipinski definition) is 9. The molecule has 0 saturated heterocycles. The Balaban J connectivity index is 1.73. The number of carbonyl (C=O) groups is 1. The highest BCUT2D eigenvalue weighted by Crippen LogP contribution is 1.97. The number of anilines is 2. The lowest BCUT2D eigenvalue weighted by Gasteiger charge is -2.05. The molecule has 0 spiro atoms. The van der Waals surface area contributed by atoms with E-state index < -0.39 is 6.16 Å². The Hall–Kier alpha value is -2.97. The van der Waals surface area contributed by atoms with Gasteiger partial charge in [-0.2, -0.15) is 15.8 Å². The van der Waals surface area contributed by atoms with Crippen molar-refractivity contribution in [3.63, 3.8) is 0 Å². The summed E-state index contributed by atoms with van der Waals surface area (Å²) in [5, 5.41) is 0. The first-order chi connectivity index (χ1) is 8.84. The molecule has 0 aliphatic carbocycles. The molecule has 0 bridgehead atoms. The molecule has 0 amide bonds. The minimum absolute atomic E-state index is 0.130. The monoisotopic (exact) mass is 248 g/mol. The summed E-state index contributed by atoms with van der Waals surface area (Å²) < 4.78 is 0. The third-order valence-electron chi connectivity index (χ3n) is 1.58. The van der Waals surface area contributed by atoms with Crippen LogP contribution < -0.4 is 11.0 Å². The molecule has 2 aromatic rings. The highest BCUT2D eigenvalue weighted by molar-refractivity contribution is 5.61. The number of carbonyl (C=O) groups excluding carboxylic acids is 1. The average molecular weight is 248 g/mol. The first kappa shape index (κ1) is 11.5. The Morgan fingerprint density at radius 1 is 0.833 bits per heavy atom. The van der Waals surface area contributed by atoms with Gasteiger partial charge in [0.05, 0.1) is 0 Å². The maximum Gasteiger partial charge on any atom is 0.558 e. The molecule has 0 fully saturated rings. The number of aromatic nitrogens is 4. The smallest absolute Gasteiger partial charge is 0.304 e. The summed E-state index contributed by atoms with van der Waals surface area (Å²) in [6.07, 6.45) is 4.91. The first-order valence-electron chi connectivity index (χ1n) is 4.78. The summed E-state index contributed by atoms with van der Waals surface area (Å²) in [6.45, 7) is 0. The molecule has 0 radical (unpaired) electrons. The van der Waals surface area contributed by atoms with Gasteiger partial charge in [0.2, 0.25) is 0 Å². The van der Waals surface area contributed by atoms with Crippen LogP contribution in [0.3, 0.4) is 0 Å². The second-order valence-corrected chi connectivity index (χ2v) is 2.80. The molecule has 0 atom stereocenters. The van der Waals surface area contributed by atoms with Gasteiger partial charge < -0.3 is 9.68 Å². The normalized spacial score (nSPS) is 9.33. The molecule has 18 heavy (non-hydrogen) atoms. The quantitative estimate of drug-likeness (QED) is 0.757. The lowest BCUT2D eigenvalue weighted by atomic mass is 10.7. The van der Waals surface area contributed by atoms with Crippen LogP contribution in [0.2, 0.25) is 0 Å². The van der Waals surface area contributed by atoms with Crippen LogP contribution in [0.1, 0.15) is 0 Å². The third-order valence-corrected chi connectivity index (χ3v) is 1.58. The molecule has 0 saturated carbocycles. The van der Waals surface area contributed by atoms with Gasteiger partial charge in [-0.05, 0) is 12.1 Å². The molecular formula is C9H8N6O3. The number of rotatable bonds is 4. The van der Waals surface area contributed by atoms with Crippen LogP contribution in [0.5, 0.6) is 0 Å². The summed E-state index contributed by atoms with van der Waals surface area (Å²) in [7, 11) is 0. The number of nitrogens with zero attached hydrogens (tertiary/aromatic N) is 4. The third kappa shape index (κ3) is 3.56. The zero-order chi connectivity index (χ0) is 12.6. The van der Waals surface area contributed by atoms with Crippen LogP contribution in [0.25, 0.3) is 0 Å². The molecule has 9 heteroatoms. The van der Waals surface area contributed by atoms with E-state index in [1.807, 2.05) is 0 Å². The fourth-order valence-corrected chi connectivity index (χ4v) is 0.899. The van der Waals surface area contributed by atoms with E-state index in [1.165, 1.54) is 24.8 Å². The molecule has 9 nitrogen and oxygen atoms in total. The maximum absolute atomic E-state index is 11.1. The summed E-state index contributed by atoms with van der Waals surface area (Å²) >= 11 is 0. The van der Waals surface area contributed by atoms with Crippen molar-refractivity contribution in [2.24, 2.45) is 0 Å². The molecule has 0 aliphatic rings. The van der Waals surface area contributed by atoms with Crippen molar-refractivity contribution in [2.75, 3.05) is 11.0 Å². The topological polar surface area (TPSA) is 111 Å². The highest BCUT2D eigenvalue weighted by atomic mass is 16.9. The van der Waals surface area contributed by atoms with Gasteiger partial charge in [-0.15, -0.1) is 0 Å². The van der Waals surface area contributed by atoms with Gasteiger partial charge in [-0.1, -0.05) is 0 Å². The van der Waals surface area contributed by atoms with Crippen molar-refractivity contribution in [1.29, 1.82) is 0 Å². The van der Waals surface area contributed by atoms with Crippen LogP contribution in [0.15, 0.2) is 36.9 Å². The molecule has 0 aromatic carbocycles. The SMILES string of the molecule is O=C(ONc1ncccn1)ONc1ncccn1. The van der Waals surface area contributed by atoms with Gasteiger partial charge in [0.15, 0.2) is 0 Å². The molecule has 2 heterocycles. The molecule has 2 rings (SSSR count). The van der Waals surface area contributed by atoms with Crippen LogP contribution in [-0.2, 0) is 9.68 Å². The maximum atomic E-state index is 11.1. The number of hydrogen-bond donors (Lipinski definition) is 2. The Labute approximate surface area is 101 Å². The summed E-state index contributed by atoms with van der Waals surface area (Å²) in [6, 6.07) is 3.25. The van der Waals surface area contributed by atoms with Gasteiger partial charge >= 0.3 is 6.16 Å². The van der Waals surface area contributed by atoms with E-state index in [9.17, 15) is 4.79 Å². The second-order valence-electron chi connectivity index (χ2n) is 2.80. The van der Waals surface area contributed by atoms with Gasteiger partial charge in [-0.25, -0.2) is 19.9 Å². The Morgan fingerprint density at radius 2 is 1.22 bits per heavy atom. The van der Waals surface area contributed by atoms with Crippen molar-refractivity contribution in [3.05, 3.63) is 36.9 Å². The Morgan fingerprint density at radius 3 is 1.61 bits per heavy atom. The van der Waals surface area contributed by atoms with Crippen molar-refractivity contribution in [1.82, 2.24) is 19.9 Å². The van der Waals surface area contributed by atoms with E-state index in [-0.39, 0.29) is 11.9 Å². The molecule has 92 valence electrons. The summed E-state index contributed by atoms with van der Waals surface area (Å²) in [4.78, 5) is 35.2. The molecular weight excluding hydrogens is 240 g/mol. The average Bonchev–Trinajstić information content (AvgIpc) is 2.45. The van der Waals surface area contributed by atoms with Crippen molar-refractivity contribution >= 4 is 18.1 Å². The summed E-state index contributed by atoms with van der Waals surface area (Å²) in [5.74, 6) is 0.260. The van der Waals surface area contributed by atoms with Gasteiger partial charge in [0.25, 0.3) is 11.9 Å². The zero-order valence-corrected chi connectivity index (χ0v) is 8.98. The Bertz CT molecular complexity index is 449. The van der Waals surface area contributed by atoms with Crippen molar-refractivity contribution in [3.8, 4) is 0 Å². The lowest BCUT2D eigenvalue weighted by molar-refractivity contribution is 0.0889. The van der Waals surface area contributed by atoms with E-state index in [0.717, 1.165) is 0 Å². The van der Waals surface area contributed by atoms with E-state index in [4.69, 9.17) is 0 Å². The van der Waals surface area contributed by atoms with E-state index in [1.54, 1.807) is 12.1 Å². The Kier molecular flexibility index (Phi) is 3.80. The van der Waals surface area contributed by atoms with E-state index >= 15 is 0 Å². The lowest BCUT2D eigenvalue weighted by Crippen LogP contribution is -2.17. The van der Waals surface area contributed by atoms with Crippen LogP contribution in [0.4, 0.5) is 16.7 Å². The van der Waals surface area contributed by atoms with Crippen molar-refractivity contribution in [2.45, 2.75) is 0 Å². The molecule has 0 unspecified atom stereocenters. The van der Waals surface area contributed by atoms with Gasteiger partial charge in [0, 0.05) is 24.8 Å². The molecule has 2 aromatic heterocycles. The van der Waals surface area contributed by atoms with E-state index in [2.05, 4.69) is 40.6 Å². The predicted octanol–water partition coefficient (Wildman–Crippen LogP) is 0.774. The predicted molar refractivity (Wildman–Crippen MR) is 58.9 cm³/mol. The minimum atomic E-state index is -1.03. The fraction of sp³-hybridized carbons (Fsp3) is 0. The minimum Gasteiger partial charge on any atom is -0.304 e. The van der Waals surface area contributed by atoms with Gasteiger partial charge in [0.1, 0.15) is 0 Å².